The van der Waals surface area contributed by atoms with Gasteiger partial charge in [0.05, 0.1) is 19.3 Å². The lowest BCUT2D eigenvalue weighted by atomic mass is 9.98. The fraction of sp³-hybridized carbons (Fsp3) is 0.684. The van der Waals surface area contributed by atoms with Gasteiger partial charge in [-0.25, -0.2) is 0 Å². The molecule has 0 amide bonds. The second kappa shape index (κ2) is 9.86. The summed E-state index contributed by atoms with van der Waals surface area (Å²) in [7, 11) is 0. The van der Waals surface area contributed by atoms with Crippen LogP contribution >= 0.6 is 0 Å². The van der Waals surface area contributed by atoms with Crippen molar-refractivity contribution >= 4 is 0 Å². The van der Waals surface area contributed by atoms with Gasteiger partial charge in [0.2, 0.25) is 0 Å². The first-order valence-electron chi connectivity index (χ1n) is 8.78. The Morgan fingerprint density at radius 2 is 1.86 bits per heavy atom. The highest BCUT2D eigenvalue weighted by Gasteiger charge is 2.12. The molecule has 22 heavy (non-hydrogen) atoms. The highest BCUT2D eigenvalue weighted by Crippen LogP contribution is 2.21. The van der Waals surface area contributed by atoms with Gasteiger partial charge in [0.1, 0.15) is 5.75 Å². The van der Waals surface area contributed by atoms with E-state index in [2.05, 4.69) is 31.3 Å². The number of rotatable bonds is 9. The number of aryl methyl sites for hydroxylation is 1. The van der Waals surface area contributed by atoms with Crippen molar-refractivity contribution in [2.75, 3.05) is 26.3 Å². The molecular formula is C19H31NO2. The van der Waals surface area contributed by atoms with Crippen molar-refractivity contribution in [1.82, 2.24) is 5.32 Å². The summed E-state index contributed by atoms with van der Waals surface area (Å²) in [6, 6.07) is 6.22. The molecule has 1 N–H and O–H groups in total. The predicted octanol–water partition coefficient (Wildman–Crippen LogP) is 4.01. The monoisotopic (exact) mass is 305 g/mol. The molecular weight excluding hydrogens is 274 g/mol. The Hall–Kier alpha value is -1.06. The predicted molar refractivity (Wildman–Crippen MR) is 91.7 cm³/mol. The van der Waals surface area contributed by atoms with Gasteiger partial charge >= 0.3 is 0 Å². The summed E-state index contributed by atoms with van der Waals surface area (Å²) >= 11 is 0. The van der Waals surface area contributed by atoms with Crippen molar-refractivity contribution in [3.63, 3.8) is 0 Å². The van der Waals surface area contributed by atoms with Crippen LogP contribution in [-0.2, 0) is 4.74 Å². The van der Waals surface area contributed by atoms with E-state index >= 15 is 0 Å². The lowest BCUT2D eigenvalue weighted by Gasteiger charge is -2.22. The van der Waals surface area contributed by atoms with E-state index in [-0.39, 0.29) is 0 Å². The second-order valence-corrected chi connectivity index (χ2v) is 6.28. The standard InChI is InChI=1S/C19H31NO2/c1-16-8-6-11-19(17(16)2)22-14-7-12-20-13-15-21-18-9-4-3-5-10-18/h6,8,11,18,20H,3-5,7,9-10,12-15H2,1-2H3. The van der Waals surface area contributed by atoms with Gasteiger partial charge in [0.15, 0.2) is 0 Å². The van der Waals surface area contributed by atoms with Crippen LogP contribution in [-0.4, -0.2) is 32.4 Å². The number of hydrogen-bond acceptors (Lipinski definition) is 3. The summed E-state index contributed by atoms with van der Waals surface area (Å²) < 4.78 is 11.7. The van der Waals surface area contributed by atoms with Crippen LogP contribution in [0, 0.1) is 13.8 Å². The van der Waals surface area contributed by atoms with Crippen LogP contribution in [0.15, 0.2) is 18.2 Å². The van der Waals surface area contributed by atoms with Crippen molar-refractivity contribution < 1.29 is 9.47 Å². The third kappa shape index (κ3) is 5.98. The fourth-order valence-corrected chi connectivity index (χ4v) is 2.91. The Labute approximate surface area is 135 Å². The molecule has 0 heterocycles. The minimum absolute atomic E-state index is 0.517. The highest BCUT2D eigenvalue weighted by molar-refractivity contribution is 5.38. The first-order chi connectivity index (χ1) is 10.8. The molecule has 0 saturated heterocycles. The molecule has 1 aromatic rings. The highest BCUT2D eigenvalue weighted by atomic mass is 16.5. The zero-order chi connectivity index (χ0) is 15.6. The fourth-order valence-electron chi connectivity index (χ4n) is 2.91. The molecule has 1 aliphatic carbocycles. The number of ether oxygens (including phenoxy) is 2. The summed E-state index contributed by atoms with van der Waals surface area (Å²) in [5, 5.41) is 3.43. The molecule has 0 bridgehead atoms. The third-order valence-electron chi connectivity index (χ3n) is 4.49. The van der Waals surface area contributed by atoms with E-state index in [9.17, 15) is 0 Å². The molecule has 0 spiro atoms. The van der Waals surface area contributed by atoms with Crippen molar-refractivity contribution in [3.05, 3.63) is 29.3 Å². The topological polar surface area (TPSA) is 30.5 Å². The minimum Gasteiger partial charge on any atom is -0.493 e. The molecule has 2 rings (SSSR count). The van der Waals surface area contributed by atoms with Gasteiger partial charge in [0.25, 0.3) is 0 Å². The maximum Gasteiger partial charge on any atom is 0.122 e. The number of nitrogens with one attached hydrogen (secondary N) is 1. The Bertz CT molecular complexity index is 427. The number of benzene rings is 1. The van der Waals surface area contributed by atoms with E-state index in [0.29, 0.717) is 6.10 Å². The van der Waals surface area contributed by atoms with E-state index in [1.165, 1.54) is 43.2 Å². The second-order valence-electron chi connectivity index (χ2n) is 6.28. The Morgan fingerprint density at radius 3 is 2.68 bits per heavy atom. The van der Waals surface area contributed by atoms with Gasteiger partial charge in [-0.05, 0) is 56.8 Å². The Morgan fingerprint density at radius 1 is 1.05 bits per heavy atom. The summed E-state index contributed by atoms with van der Waals surface area (Å²) in [6.07, 6.45) is 8.12. The summed E-state index contributed by atoms with van der Waals surface area (Å²) in [6.45, 7) is 7.77. The molecule has 0 aromatic heterocycles. The SMILES string of the molecule is Cc1cccc(OCCCNCCOC2CCCCC2)c1C. The van der Waals surface area contributed by atoms with Gasteiger partial charge in [0, 0.05) is 6.54 Å². The largest absolute Gasteiger partial charge is 0.493 e. The smallest absolute Gasteiger partial charge is 0.122 e. The molecule has 0 atom stereocenters. The van der Waals surface area contributed by atoms with Gasteiger partial charge in [-0.1, -0.05) is 31.4 Å². The van der Waals surface area contributed by atoms with Gasteiger partial charge in [-0.2, -0.15) is 0 Å². The van der Waals surface area contributed by atoms with E-state index in [1.54, 1.807) is 0 Å². The van der Waals surface area contributed by atoms with Gasteiger partial charge < -0.3 is 14.8 Å². The molecule has 0 aliphatic heterocycles. The van der Waals surface area contributed by atoms with Crippen LogP contribution in [0.5, 0.6) is 5.75 Å². The molecule has 0 radical (unpaired) electrons. The normalized spacial score (nSPS) is 15.9. The summed E-state index contributed by atoms with van der Waals surface area (Å²) in [4.78, 5) is 0. The molecule has 1 fully saturated rings. The zero-order valence-electron chi connectivity index (χ0n) is 14.2. The maximum atomic E-state index is 5.89. The van der Waals surface area contributed by atoms with Crippen LogP contribution in [0.1, 0.15) is 49.7 Å². The quantitative estimate of drug-likeness (QED) is 0.699. The molecule has 1 aromatic carbocycles. The van der Waals surface area contributed by atoms with Crippen molar-refractivity contribution in [1.29, 1.82) is 0 Å². The average Bonchev–Trinajstić information content (AvgIpc) is 2.55. The van der Waals surface area contributed by atoms with Gasteiger partial charge in [-0.3, -0.25) is 0 Å². The maximum absolute atomic E-state index is 5.89. The Kier molecular flexibility index (Phi) is 7.75. The zero-order valence-corrected chi connectivity index (χ0v) is 14.2. The summed E-state index contributed by atoms with van der Waals surface area (Å²) in [5.74, 6) is 1.01. The molecule has 1 saturated carbocycles. The van der Waals surface area contributed by atoms with Crippen molar-refractivity contribution in [2.45, 2.75) is 58.5 Å². The minimum atomic E-state index is 0.517. The lowest BCUT2D eigenvalue weighted by molar-refractivity contribution is 0.0303. The first-order valence-corrected chi connectivity index (χ1v) is 8.78. The third-order valence-corrected chi connectivity index (χ3v) is 4.49. The van der Waals surface area contributed by atoms with E-state index in [0.717, 1.165) is 38.5 Å². The van der Waals surface area contributed by atoms with Crippen molar-refractivity contribution in [2.24, 2.45) is 0 Å². The molecule has 0 unspecified atom stereocenters. The Balaban J connectivity index is 1.46. The van der Waals surface area contributed by atoms with Crippen LogP contribution in [0.4, 0.5) is 0 Å². The van der Waals surface area contributed by atoms with Crippen LogP contribution in [0.25, 0.3) is 0 Å². The summed E-state index contributed by atoms with van der Waals surface area (Å²) in [5.41, 5.74) is 2.53. The lowest BCUT2D eigenvalue weighted by Crippen LogP contribution is -2.25. The van der Waals surface area contributed by atoms with Crippen LogP contribution < -0.4 is 10.1 Å². The average molecular weight is 305 g/mol. The molecule has 3 heteroatoms. The van der Waals surface area contributed by atoms with E-state index in [4.69, 9.17) is 9.47 Å². The van der Waals surface area contributed by atoms with E-state index < -0.39 is 0 Å². The van der Waals surface area contributed by atoms with Crippen LogP contribution in [0.2, 0.25) is 0 Å². The van der Waals surface area contributed by atoms with E-state index in [1.807, 2.05) is 6.07 Å². The van der Waals surface area contributed by atoms with Crippen LogP contribution in [0.3, 0.4) is 0 Å². The number of hydrogen-bond donors (Lipinski definition) is 1. The molecule has 1 aliphatic rings. The first kappa shape index (κ1) is 17.3. The van der Waals surface area contributed by atoms with Gasteiger partial charge in [-0.15, -0.1) is 0 Å². The molecule has 124 valence electrons. The molecule has 3 nitrogen and oxygen atoms in total. The van der Waals surface area contributed by atoms with Crippen molar-refractivity contribution in [3.8, 4) is 5.75 Å².